The molecular weight excluding hydrogens is 287 g/mol. The molecule has 1 aromatic carbocycles. The van der Waals surface area contributed by atoms with Crippen LogP contribution >= 0.6 is 23.1 Å². The van der Waals surface area contributed by atoms with Crippen molar-refractivity contribution < 1.29 is 9.18 Å². The van der Waals surface area contributed by atoms with Gasteiger partial charge in [0, 0.05) is 5.69 Å². The molecule has 2 rings (SSSR count). The van der Waals surface area contributed by atoms with E-state index in [1.807, 2.05) is 0 Å². The largest absolute Gasteiger partial charge is 0.369 e. The molecule has 0 aliphatic rings. The molecule has 1 unspecified atom stereocenters. The average molecular weight is 298 g/mol. The van der Waals surface area contributed by atoms with E-state index in [0.717, 1.165) is 0 Å². The number of carbonyl (C=O) groups excluding carboxylic acids is 1. The van der Waals surface area contributed by atoms with Crippen LogP contribution in [0, 0.1) is 5.82 Å². The van der Waals surface area contributed by atoms with Crippen LogP contribution in [0.4, 0.5) is 15.2 Å². The van der Waals surface area contributed by atoms with Crippen molar-refractivity contribution in [2.75, 3.05) is 5.32 Å². The summed E-state index contributed by atoms with van der Waals surface area (Å²) in [6, 6.07) is 6.05. The van der Waals surface area contributed by atoms with Gasteiger partial charge in [0.15, 0.2) is 4.34 Å². The highest BCUT2D eigenvalue weighted by Crippen LogP contribution is 2.30. The zero-order chi connectivity index (χ0) is 13.8. The van der Waals surface area contributed by atoms with Gasteiger partial charge >= 0.3 is 0 Å². The Balaban J connectivity index is 2.03. The lowest BCUT2D eigenvalue weighted by Crippen LogP contribution is -2.22. The maximum absolute atomic E-state index is 13.0. The summed E-state index contributed by atoms with van der Waals surface area (Å²) in [5, 5.41) is 10.9. The lowest BCUT2D eigenvalue weighted by molar-refractivity contribution is -0.117. The summed E-state index contributed by atoms with van der Waals surface area (Å²) in [6.07, 6.45) is 0. The normalized spacial score (nSPS) is 12.1. The number of benzene rings is 1. The molecule has 0 spiro atoms. The number of aromatic nitrogens is 2. The lowest BCUT2D eigenvalue weighted by atomic mass is 10.3. The Morgan fingerprint density at radius 3 is 3.00 bits per heavy atom. The molecule has 0 saturated carbocycles. The molecule has 0 fully saturated rings. The molecule has 100 valence electrons. The van der Waals surface area contributed by atoms with E-state index in [-0.39, 0.29) is 11.1 Å². The minimum Gasteiger partial charge on any atom is -0.369 e. The molecular formula is C11H11FN4OS2. The van der Waals surface area contributed by atoms with Gasteiger partial charge in [-0.2, -0.15) is 0 Å². The third-order valence-electron chi connectivity index (χ3n) is 2.16. The zero-order valence-corrected chi connectivity index (χ0v) is 11.6. The van der Waals surface area contributed by atoms with Gasteiger partial charge in [-0.05, 0) is 25.1 Å². The number of carbonyl (C=O) groups is 1. The van der Waals surface area contributed by atoms with Gasteiger partial charge in [0.1, 0.15) is 5.82 Å². The molecule has 1 aromatic heterocycles. The van der Waals surface area contributed by atoms with Crippen LogP contribution in [-0.4, -0.2) is 21.4 Å². The first-order chi connectivity index (χ1) is 9.04. The molecule has 0 bridgehead atoms. The second-order valence-electron chi connectivity index (χ2n) is 3.67. The Hall–Kier alpha value is -1.67. The minimum atomic E-state index is -0.403. The van der Waals surface area contributed by atoms with Crippen LogP contribution in [0.2, 0.25) is 0 Å². The van der Waals surface area contributed by atoms with Gasteiger partial charge in [-0.15, -0.1) is 10.2 Å². The molecule has 1 atom stereocenters. The van der Waals surface area contributed by atoms with Crippen molar-refractivity contribution >= 4 is 39.8 Å². The molecule has 19 heavy (non-hydrogen) atoms. The molecule has 1 amide bonds. The summed E-state index contributed by atoms with van der Waals surface area (Å²) in [5.41, 5.74) is 5.76. The van der Waals surface area contributed by atoms with E-state index in [9.17, 15) is 9.18 Å². The number of thioether (sulfide) groups is 1. The lowest BCUT2D eigenvalue weighted by Gasteiger charge is -2.02. The second kappa shape index (κ2) is 5.98. The van der Waals surface area contributed by atoms with Gasteiger partial charge in [-0.1, -0.05) is 29.2 Å². The van der Waals surface area contributed by atoms with E-state index < -0.39 is 5.91 Å². The summed E-state index contributed by atoms with van der Waals surface area (Å²) in [6.45, 7) is 1.70. The smallest absolute Gasteiger partial charge is 0.230 e. The van der Waals surface area contributed by atoms with Gasteiger partial charge in [-0.3, -0.25) is 4.79 Å². The van der Waals surface area contributed by atoms with Gasteiger partial charge in [0.2, 0.25) is 11.0 Å². The summed E-state index contributed by atoms with van der Waals surface area (Å²) >= 11 is 2.52. The summed E-state index contributed by atoms with van der Waals surface area (Å²) in [4.78, 5) is 10.9. The Morgan fingerprint density at radius 2 is 2.32 bits per heavy atom. The quantitative estimate of drug-likeness (QED) is 0.828. The van der Waals surface area contributed by atoms with E-state index in [4.69, 9.17) is 5.73 Å². The van der Waals surface area contributed by atoms with Crippen LogP contribution in [0.1, 0.15) is 6.92 Å². The molecule has 0 saturated heterocycles. The van der Waals surface area contributed by atoms with E-state index in [1.165, 1.54) is 35.2 Å². The second-order valence-corrected chi connectivity index (χ2v) is 6.24. The van der Waals surface area contributed by atoms with Crippen LogP contribution in [0.3, 0.4) is 0 Å². The predicted octanol–water partition coefficient (Wildman–Crippen LogP) is 2.39. The topological polar surface area (TPSA) is 80.9 Å². The number of amides is 1. The van der Waals surface area contributed by atoms with Crippen molar-refractivity contribution in [3.63, 3.8) is 0 Å². The van der Waals surface area contributed by atoms with Gasteiger partial charge in [0.05, 0.1) is 5.25 Å². The van der Waals surface area contributed by atoms with Crippen LogP contribution in [-0.2, 0) is 4.79 Å². The Labute approximate surface area is 117 Å². The predicted molar refractivity (Wildman–Crippen MR) is 74.1 cm³/mol. The highest BCUT2D eigenvalue weighted by Gasteiger charge is 2.14. The number of anilines is 2. The molecule has 0 aliphatic heterocycles. The zero-order valence-electron chi connectivity index (χ0n) is 9.96. The summed E-state index contributed by atoms with van der Waals surface area (Å²) in [5.74, 6) is -0.730. The maximum Gasteiger partial charge on any atom is 0.230 e. The fraction of sp³-hybridized carbons (Fsp3) is 0.182. The van der Waals surface area contributed by atoms with Crippen LogP contribution in [0.5, 0.6) is 0 Å². The third-order valence-corrected chi connectivity index (χ3v) is 4.20. The molecule has 8 heteroatoms. The summed E-state index contributed by atoms with van der Waals surface area (Å²) in [7, 11) is 0. The monoisotopic (exact) mass is 298 g/mol. The number of hydrogen-bond donors (Lipinski definition) is 2. The number of nitrogens with one attached hydrogen (secondary N) is 1. The molecule has 0 aliphatic carbocycles. The van der Waals surface area contributed by atoms with Crippen molar-refractivity contribution in [3.05, 3.63) is 30.1 Å². The Bertz CT molecular complexity index is 590. The van der Waals surface area contributed by atoms with Crippen LogP contribution in [0.25, 0.3) is 0 Å². The first-order valence-electron chi connectivity index (χ1n) is 5.36. The fourth-order valence-corrected chi connectivity index (χ4v) is 3.07. The van der Waals surface area contributed by atoms with Crippen molar-refractivity contribution in [1.82, 2.24) is 10.2 Å². The molecule has 5 nitrogen and oxygen atoms in total. The number of nitrogens with two attached hydrogens (primary N) is 1. The molecule has 0 radical (unpaired) electrons. The van der Waals surface area contributed by atoms with Crippen LogP contribution < -0.4 is 11.1 Å². The number of primary amides is 1. The van der Waals surface area contributed by atoms with Crippen molar-refractivity contribution in [2.45, 2.75) is 16.5 Å². The van der Waals surface area contributed by atoms with Crippen molar-refractivity contribution in [1.29, 1.82) is 0 Å². The standard InChI is InChI=1S/C11H11FN4OS2/c1-6(9(13)17)18-11-16-15-10(19-11)14-8-4-2-3-7(12)5-8/h2-6H,1H3,(H2,13,17)(H,14,15). The van der Waals surface area contributed by atoms with E-state index in [0.29, 0.717) is 15.2 Å². The number of rotatable bonds is 5. The average Bonchev–Trinajstić information content (AvgIpc) is 2.76. The molecule has 3 N–H and O–H groups in total. The number of halogens is 1. The van der Waals surface area contributed by atoms with Gasteiger partial charge in [0.25, 0.3) is 0 Å². The Kier molecular flexibility index (Phi) is 4.33. The van der Waals surface area contributed by atoms with E-state index >= 15 is 0 Å². The Morgan fingerprint density at radius 1 is 1.53 bits per heavy atom. The first kappa shape index (κ1) is 13.8. The van der Waals surface area contributed by atoms with E-state index in [1.54, 1.807) is 19.1 Å². The van der Waals surface area contributed by atoms with E-state index in [2.05, 4.69) is 15.5 Å². The maximum atomic E-state index is 13.0. The summed E-state index contributed by atoms with van der Waals surface area (Å²) < 4.78 is 13.6. The highest BCUT2D eigenvalue weighted by atomic mass is 32.2. The molecule has 1 heterocycles. The van der Waals surface area contributed by atoms with Gasteiger partial charge in [-0.25, -0.2) is 4.39 Å². The SMILES string of the molecule is CC(Sc1nnc(Nc2cccc(F)c2)s1)C(N)=O. The first-order valence-corrected chi connectivity index (χ1v) is 7.06. The third kappa shape index (κ3) is 3.90. The van der Waals surface area contributed by atoms with Gasteiger partial charge < -0.3 is 11.1 Å². The van der Waals surface area contributed by atoms with Crippen molar-refractivity contribution in [3.8, 4) is 0 Å². The number of hydrogen-bond acceptors (Lipinski definition) is 6. The fourth-order valence-electron chi connectivity index (χ4n) is 1.21. The van der Waals surface area contributed by atoms with Crippen LogP contribution in [0.15, 0.2) is 28.6 Å². The molecule has 2 aromatic rings. The van der Waals surface area contributed by atoms with Crippen molar-refractivity contribution in [2.24, 2.45) is 5.73 Å². The highest BCUT2D eigenvalue weighted by molar-refractivity contribution is 8.02. The minimum absolute atomic E-state index is 0.327. The number of nitrogens with zero attached hydrogens (tertiary/aromatic N) is 2.